The first-order valence-corrected chi connectivity index (χ1v) is 8.15. The molecule has 5 heteroatoms. The van der Waals surface area contributed by atoms with Crippen LogP contribution in [0.2, 0.25) is 0 Å². The predicted molar refractivity (Wildman–Crippen MR) is 92.5 cm³/mol. The molecular formula is C16H12Br2N2O. The lowest BCUT2D eigenvalue weighted by Crippen LogP contribution is -2.14. The Morgan fingerprint density at radius 3 is 2.48 bits per heavy atom. The number of benzene rings is 2. The van der Waals surface area contributed by atoms with Gasteiger partial charge in [-0.1, -0.05) is 38.8 Å². The standard InChI is InChI=1S/C16H12Br2N2O/c1-2-9-7-11(18)8-13-14(9)20-16(21)15(13)19-12-5-3-10(17)4-6-12/h3-8H,2H2,1H3,(H,19,20,21). The highest BCUT2D eigenvalue weighted by Crippen LogP contribution is 2.33. The number of hydrogen-bond acceptors (Lipinski definition) is 2. The fraction of sp³-hybridized carbons (Fsp3) is 0.125. The van der Waals surface area contributed by atoms with Crippen molar-refractivity contribution in [2.75, 3.05) is 5.32 Å². The first-order valence-electron chi connectivity index (χ1n) is 6.57. The first-order chi connectivity index (χ1) is 10.1. The number of carbonyl (C=O) groups excluding carboxylic acids is 1. The molecule has 0 fully saturated rings. The highest BCUT2D eigenvalue weighted by Gasteiger charge is 2.28. The number of hydrogen-bond donors (Lipinski definition) is 1. The van der Waals surface area contributed by atoms with Gasteiger partial charge in [-0.3, -0.25) is 4.79 Å². The van der Waals surface area contributed by atoms with E-state index in [2.05, 4.69) is 49.1 Å². The molecule has 2 aromatic carbocycles. The molecule has 1 amide bonds. The molecule has 1 aliphatic heterocycles. The Morgan fingerprint density at radius 2 is 1.81 bits per heavy atom. The van der Waals surface area contributed by atoms with Gasteiger partial charge < -0.3 is 5.32 Å². The van der Waals surface area contributed by atoms with Crippen LogP contribution >= 0.6 is 31.9 Å². The van der Waals surface area contributed by atoms with Gasteiger partial charge in [0, 0.05) is 14.5 Å². The van der Waals surface area contributed by atoms with Crippen LogP contribution < -0.4 is 5.32 Å². The summed E-state index contributed by atoms with van der Waals surface area (Å²) in [6, 6.07) is 11.5. The van der Waals surface area contributed by atoms with E-state index in [1.165, 1.54) is 0 Å². The van der Waals surface area contributed by atoms with Crippen molar-refractivity contribution in [3.63, 3.8) is 0 Å². The van der Waals surface area contributed by atoms with Crippen molar-refractivity contribution in [1.29, 1.82) is 0 Å². The fourth-order valence-electron chi connectivity index (χ4n) is 2.33. The highest BCUT2D eigenvalue weighted by atomic mass is 79.9. The average molecular weight is 408 g/mol. The maximum atomic E-state index is 12.2. The van der Waals surface area contributed by atoms with E-state index >= 15 is 0 Å². The zero-order chi connectivity index (χ0) is 15.0. The molecule has 1 N–H and O–H groups in total. The van der Waals surface area contributed by atoms with Crippen molar-refractivity contribution in [2.24, 2.45) is 4.99 Å². The zero-order valence-electron chi connectivity index (χ0n) is 11.3. The van der Waals surface area contributed by atoms with Crippen molar-refractivity contribution >= 4 is 54.9 Å². The van der Waals surface area contributed by atoms with Gasteiger partial charge in [0.25, 0.3) is 5.91 Å². The molecule has 0 radical (unpaired) electrons. The second kappa shape index (κ2) is 5.73. The Bertz CT molecular complexity index is 752. The molecule has 0 unspecified atom stereocenters. The second-order valence-corrected chi connectivity index (χ2v) is 6.56. The third kappa shape index (κ3) is 2.80. The van der Waals surface area contributed by atoms with Gasteiger partial charge >= 0.3 is 0 Å². The molecule has 0 aliphatic carbocycles. The maximum Gasteiger partial charge on any atom is 0.275 e. The van der Waals surface area contributed by atoms with E-state index in [0.717, 1.165) is 37.9 Å². The molecule has 0 bridgehead atoms. The summed E-state index contributed by atoms with van der Waals surface area (Å²) in [5, 5.41) is 2.93. The van der Waals surface area contributed by atoms with Gasteiger partial charge in [0.1, 0.15) is 5.71 Å². The summed E-state index contributed by atoms with van der Waals surface area (Å²) in [5.74, 6) is -0.152. The monoisotopic (exact) mass is 406 g/mol. The van der Waals surface area contributed by atoms with Crippen LogP contribution in [0, 0.1) is 0 Å². The summed E-state index contributed by atoms with van der Waals surface area (Å²) in [4.78, 5) is 16.7. The largest absolute Gasteiger partial charge is 0.320 e. The molecule has 21 heavy (non-hydrogen) atoms. The van der Waals surface area contributed by atoms with Gasteiger partial charge in [-0.15, -0.1) is 0 Å². The molecule has 0 spiro atoms. The maximum absolute atomic E-state index is 12.2. The molecule has 3 nitrogen and oxygen atoms in total. The quantitative estimate of drug-likeness (QED) is 0.759. The third-order valence-corrected chi connectivity index (χ3v) is 4.33. The summed E-state index contributed by atoms with van der Waals surface area (Å²) in [6.07, 6.45) is 0.855. The SMILES string of the molecule is CCc1cc(Br)cc2c1NC(=O)C2=Nc1ccc(Br)cc1. The van der Waals surface area contributed by atoms with Gasteiger partial charge in [-0.2, -0.15) is 0 Å². The lowest BCUT2D eigenvalue weighted by molar-refractivity contribution is -0.110. The number of halogens is 2. The average Bonchev–Trinajstić information content (AvgIpc) is 2.77. The fourth-order valence-corrected chi connectivity index (χ4v) is 3.10. The van der Waals surface area contributed by atoms with Crippen LogP contribution in [0.25, 0.3) is 0 Å². The first kappa shape index (κ1) is 14.5. The number of anilines is 1. The molecule has 3 rings (SSSR count). The normalized spacial score (nSPS) is 15.2. The minimum absolute atomic E-state index is 0.152. The summed E-state index contributed by atoms with van der Waals surface area (Å²) in [5.41, 5.74) is 4.06. The number of aryl methyl sites for hydroxylation is 1. The minimum atomic E-state index is -0.152. The van der Waals surface area contributed by atoms with Gasteiger partial charge in [0.15, 0.2) is 0 Å². The Morgan fingerprint density at radius 1 is 1.10 bits per heavy atom. The molecule has 1 aliphatic rings. The van der Waals surface area contributed by atoms with Gasteiger partial charge in [0.05, 0.1) is 11.4 Å². The second-order valence-electron chi connectivity index (χ2n) is 4.73. The molecular weight excluding hydrogens is 396 g/mol. The van der Waals surface area contributed by atoms with Crippen molar-refractivity contribution in [3.8, 4) is 0 Å². The summed E-state index contributed by atoms with van der Waals surface area (Å²) in [7, 11) is 0. The molecule has 0 saturated carbocycles. The minimum Gasteiger partial charge on any atom is -0.320 e. The molecule has 106 valence electrons. The lowest BCUT2D eigenvalue weighted by Gasteiger charge is -2.06. The number of nitrogens with one attached hydrogen (secondary N) is 1. The summed E-state index contributed by atoms with van der Waals surface area (Å²) < 4.78 is 1.94. The van der Waals surface area contributed by atoms with Crippen LogP contribution in [0.1, 0.15) is 18.1 Å². The molecule has 0 aromatic heterocycles. The Balaban J connectivity index is 2.12. The Kier molecular flexibility index (Phi) is 3.95. The summed E-state index contributed by atoms with van der Waals surface area (Å²) >= 11 is 6.89. The van der Waals surface area contributed by atoms with Crippen molar-refractivity contribution in [2.45, 2.75) is 13.3 Å². The van der Waals surface area contributed by atoms with Crippen LogP contribution in [-0.2, 0) is 11.2 Å². The van der Waals surface area contributed by atoms with Crippen LogP contribution in [0.4, 0.5) is 11.4 Å². The van der Waals surface area contributed by atoms with Crippen LogP contribution in [0.3, 0.4) is 0 Å². The van der Waals surface area contributed by atoms with Crippen molar-refractivity contribution in [1.82, 2.24) is 0 Å². The molecule has 0 saturated heterocycles. The number of carbonyl (C=O) groups is 1. The number of aliphatic imine (C=N–C) groups is 1. The van der Waals surface area contributed by atoms with E-state index in [4.69, 9.17) is 0 Å². The van der Waals surface area contributed by atoms with E-state index in [9.17, 15) is 4.79 Å². The number of rotatable bonds is 2. The highest BCUT2D eigenvalue weighted by molar-refractivity contribution is 9.10. The van der Waals surface area contributed by atoms with Crippen molar-refractivity contribution < 1.29 is 4.79 Å². The van der Waals surface area contributed by atoms with Gasteiger partial charge in [-0.05, 0) is 48.4 Å². The number of fused-ring (bicyclic) bond motifs is 1. The molecule has 2 aromatic rings. The summed E-state index contributed by atoms with van der Waals surface area (Å²) in [6.45, 7) is 2.07. The van der Waals surface area contributed by atoms with E-state index in [-0.39, 0.29) is 5.91 Å². The molecule has 0 atom stereocenters. The smallest absolute Gasteiger partial charge is 0.275 e. The predicted octanol–water partition coefficient (Wildman–Crippen LogP) is 4.85. The van der Waals surface area contributed by atoms with E-state index in [1.54, 1.807) is 0 Å². The topological polar surface area (TPSA) is 41.5 Å². The Hall–Kier alpha value is -1.46. The van der Waals surface area contributed by atoms with E-state index in [0.29, 0.717) is 5.71 Å². The third-order valence-electron chi connectivity index (χ3n) is 3.34. The number of amides is 1. The van der Waals surface area contributed by atoms with Gasteiger partial charge in [-0.25, -0.2) is 4.99 Å². The zero-order valence-corrected chi connectivity index (χ0v) is 14.5. The van der Waals surface area contributed by atoms with Crippen LogP contribution in [-0.4, -0.2) is 11.6 Å². The van der Waals surface area contributed by atoms with Crippen LogP contribution in [0.15, 0.2) is 50.3 Å². The number of nitrogens with zero attached hydrogens (tertiary/aromatic N) is 1. The van der Waals surface area contributed by atoms with Crippen molar-refractivity contribution in [3.05, 3.63) is 56.5 Å². The van der Waals surface area contributed by atoms with E-state index < -0.39 is 0 Å². The van der Waals surface area contributed by atoms with E-state index in [1.807, 2.05) is 36.4 Å². The molecule has 1 heterocycles. The Labute approximate surface area is 139 Å². The van der Waals surface area contributed by atoms with Gasteiger partial charge in [0.2, 0.25) is 0 Å². The van der Waals surface area contributed by atoms with Crippen LogP contribution in [0.5, 0.6) is 0 Å². The lowest BCUT2D eigenvalue weighted by atomic mass is 10.0.